The van der Waals surface area contributed by atoms with E-state index in [-0.39, 0.29) is 19.6 Å². The Balaban J connectivity index is 5.20. The van der Waals surface area contributed by atoms with Crippen LogP contribution in [0.3, 0.4) is 0 Å². The second-order valence-corrected chi connectivity index (χ2v) is 9.82. The summed E-state index contributed by atoms with van der Waals surface area (Å²) in [5.41, 5.74) is 0. The molecule has 0 aliphatic heterocycles. The van der Waals surface area contributed by atoms with E-state index in [1.54, 1.807) is 27.2 Å². The molecule has 0 heterocycles. The molecule has 0 spiro atoms. The predicted molar refractivity (Wildman–Crippen MR) is 67.6 cm³/mol. The van der Waals surface area contributed by atoms with Gasteiger partial charge in [-0.2, -0.15) is 0 Å². The van der Waals surface area contributed by atoms with E-state index in [2.05, 4.69) is 5.92 Å². The lowest BCUT2D eigenvalue weighted by Gasteiger charge is -2.27. The summed E-state index contributed by atoms with van der Waals surface area (Å²) in [6.07, 6.45) is 5.35. The van der Waals surface area contributed by atoms with Gasteiger partial charge in [0, 0.05) is 6.42 Å². The second-order valence-electron chi connectivity index (χ2n) is 3.70. The highest BCUT2D eigenvalue weighted by Crippen LogP contribution is 2.67. The van der Waals surface area contributed by atoms with Gasteiger partial charge < -0.3 is 13.6 Å². The monoisotopic (exact) mass is 266 g/mol. The summed E-state index contributed by atoms with van der Waals surface area (Å²) in [6, 6.07) is 0. The smallest absolute Gasteiger partial charge is 0.323 e. The summed E-state index contributed by atoms with van der Waals surface area (Å²) in [6.45, 7) is 7.04. The third-order valence-corrected chi connectivity index (χ3v) is 8.29. The highest BCUT2D eigenvalue weighted by molar-refractivity contribution is 7.77. The molecule has 94 valence electrons. The Morgan fingerprint density at radius 3 is 1.88 bits per heavy atom. The molecule has 0 fully saturated rings. The van der Waals surface area contributed by atoms with Crippen molar-refractivity contribution in [1.29, 1.82) is 0 Å². The molecule has 0 bridgehead atoms. The molecular weight excluding hydrogens is 246 g/mol. The predicted octanol–water partition coefficient (Wildman–Crippen LogP) is 3.22. The van der Waals surface area contributed by atoms with Crippen LogP contribution in [-0.4, -0.2) is 31.9 Å². The first-order valence-electron chi connectivity index (χ1n) is 5.18. The Morgan fingerprint density at radius 2 is 1.62 bits per heavy atom. The van der Waals surface area contributed by atoms with E-state index in [9.17, 15) is 9.13 Å². The fraction of sp³-hybridized carbons (Fsp3) is 0.800. The van der Waals surface area contributed by atoms with Crippen LogP contribution in [0.2, 0.25) is 0 Å². The molecule has 0 aromatic heterocycles. The third kappa shape index (κ3) is 4.44. The van der Waals surface area contributed by atoms with Crippen LogP contribution in [0.4, 0.5) is 0 Å². The maximum Gasteiger partial charge on any atom is 0.341 e. The molecule has 4 nitrogen and oxygen atoms in total. The SMILES string of the molecule is C#CCC(P(C)(C)=O)P(=O)(OCC)OCC. The highest BCUT2D eigenvalue weighted by Gasteiger charge is 2.42. The molecule has 0 aliphatic carbocycles. The van der Waals surface area contributed by atoms with Gasteiger partial charge in [0.05, 0.1) is 20.4 Å². The van der Waals surface area contributed by atoms with E-state index >= 15 is 0 Å². The van der Waals surface area contributed by atoms with Crippen molar-refractivity contribution in [3.8, 4) is 12.3 Å². The van der Waals surface area contributed by atoms with Gasteiger partial charge in [0.25, 0.3) is 0 Å². The van der Waals surface area contributed by atoms with Gasteiger partial charge in [-0.1, -0.05) is 0 Å². The van der Waals surface area contributed by atoms with E-state index in [1.807, 2.05) is 0 Å². The average molecular weight is 266 g/mol. The van der Waals surface area contributed by atoms with Crippen molar-refractivity contribution in [3.05, 3.63) is 0 Å². The molecule has 16 heavy (non-hydrogen) atoms. The summed E-state index contributed by atoms with van der Waals surface area (Å²) in [5.74, 6) is 2.39. The highest BCUT2D eigenvalue weighted by atomic mass is 31.2. The quantitative estimate of drug-likeness (QED) is 0.524. The molecule has 0 saturated heterocycles. The van der Waals surface area contributed by atoms with E-state index in [1.165, 1.54) is 0 Å². The minimum atomic E-state index is -3.37. The summed E-state index contributed by atoms with van der Waals surface area (Å²) < 4.78 is 34.9. The van der Waals surface area contributed by atoms with Crippen LogP contribution in [0.1, 0.15) is 20.3 Å². The third-order valence-electron chi connectivity index (χ3n) is 2.00. The van der Waals surface area contributed by atoms with Crippen LogP contribution in [-0.2, 0) is 18.2 Å². The summed E-state index contributed by atoms with van der Waals surface area (Å²) >= 11 is 0. The average Bonchev–Trinajstić information content (AvgIpc) is 2.13. The fourth-order valence-corrected chi connectivity index (χ4v) is 6.48. The van der Waals surface area contributed by atoms with Crippen LogP contribution in [0.5, 0.6) is 0 Å². The van der Waals surface area contributed by atoms with Gasteiger partial charge in [-0.25, -0.2) is 0 Å². The van der Waals surface area contributed by atoms with E-state index in [4.69, 9.17) is 15.5 Å². The number of rotatable bonds is 7. The lowest BCUT2D eigenvalue weighted by atomic mass is 10.5. The van der Waals surface area contributed by atoms with Gasteiger partial charge in [-0.15, -0.1) is 12.3 Å². The topological polar surface area (TPSA) is 52.6 Å². The van der Waals surface area contributed by atoms with Crippen molar-refractivity contribution in [2.24, 2.45) is 0 Å². The van der Waals surface area contributed by atoms with E-state index < -0.39 is 20.1 Å². The largest absolute Gasteiger partial charge is 0.341 e. The maximum absolute atomic E-state index is 12.4. The summed E-state index contributed by atoms with van der Waals surface area (Å²) in [4.78, 5) is 0. The maximum atomic E-state index is 12.4. The van der Waals surface area contributed by atoms with Crippen LogP contribution in [0, 0.1) is 12.3 Å². The minimum Gasteiger partial charge on any atom is -0.323 e. The zero-order valence-corrected chi connectivity index (χ0v) is 12.1. The zero-order valence-electron chi connectivity index (χ0n) is 10.3. The van der Waals surface area contributed by atoms with Gasteiger partial charge in [-0.3, -0.25) is 4.57 Å². The Bertz CT molecular complexity index is 329. The van der Waals surface area contributed by atoms with Crippen LogP contribution in [0.15, 0.2) is 0 Å². The molecule has 0 aromatic rings. The minimum absolute atomic E-state index is 0.140. The second kappa shape index (κ2) is 6.62. The molecule has 0 N–H and O–H groups in total. The first-order chi connectivity index (χ1) is 7.31. The summed E-state index contributed by atoms with van der Waals surface area (Å²) in [5, 5.41) is -0.704. The number of hydrogen-bond acceptors (Lipinski definition) is 4. The Hall–Kier alpha value is -0.0600. The molecule has 0 aromatic carbocycles. The van der Waals surface area contributed by atoms with Crippen LogP contribution < -0.4 is 0 Å². The van der Waals surface area contributed by atoms with Crippen LogP contribution in [0.25, 0.3) is 0 Å². The lowest BCUT2D eigenvalue weighted by Crippen LogP contribution is -2.13. The van der Waals surface area contributed by atoms with Gasteiger partial charge in [-0.05, 0) is 27.2 Å². The normalized spacial score (nSPS) is 14.4. The van der Waals surface area contributed by atoms with Crippen molar-refractivity contribution < 1.29 is 18.2 Å². The molecule has 1 unspecified atom stereocenters. The van der Waals surface area contributed by atoms with Gasteiger partial charge >= 0.3 is 7.60 Å². The van der Waals surface area contributed by atoms with Crippen molar-refractivity contribution in [2.45, 2.75) is 25.7 Å². The van der Waals surface area contributed by atoms with Crippen molar-refractivity contribution >= 4 is 14.7 Å². The number of hydrogen-bond donors (Lipinski definition) is 0. The number of terminal acetylenes is 1. The first-order valence-corrected chi connectivity index (χ1v) is 9.47. The van der Waals surface area contributed by atoms with E-state index in [0.29, 0.717) is 0 Å². The Morgan fingerprint density at radius 1 is 1.19 bits per heavy atom. The zero-order chi connectivity index (χ0) is 12.8. The molecule has 0 saturated carbocycles. The van der Waals surface area contributed by atoms with E-state index in [0.717, 1.165) is 0 Å². The molecule has 0 radical (unpaired) electrons. The molecule has 1 atom stereocenters. The standard InChI is InChI=1S/C10H20O4P2/c1-6-9-10(15(4,5)11)16(12,13-7-2)14-8-3/h1,10H,7-9H2,2-5H3. The molecule has 0 amide bonds. The molecule has 6 heteroatoms. The van der Waals surface area contributed by atoms with Crippen molar-refractivity contribution in [2.75, 3.05) is 26.5 Å². The lowest BCUT2D eigenvalue weighted by molar-refractivity contribution is 0.217. The fourth-order valence-electron chi connectivity index (χ4n) is 1.35. The molecule has 0 aliphatic rings. The van der Waals surface area contributed by atoms with Crippen molar-refractivity contribution in [3.63, 3.8) is 0 Å². The Kier molecular flexibility index (Phi) is 6.60. The van der Waals surface area contributed by atoms with Crippen molar-refractivity contribution in [1.82, 2.24) is 0 Å². The summed E-state index contributed by atoms with van der Waals surface area (Å²) in [7, 11) is -6.00. The molecule has 0 rings (SSSR count). The van der Waals surface area contributed by atoms with Gasteiger partial charge in [0.1, 0.15) is 5.40 Å². The first kappa shape index (κ1) is 15.9. The Labute approximate surface area is 98.0 Å². The molecular formula is C10H20O4P2. The van der Waals surface area contributed by atoms with Gasteiger partial charge in [0.15, 0.2) is 0 Å². The van der Waals surface area contributed by atoms with Crippen LogP contribution >= 0.6 is 14.7 Å². The van der Waals surface area contributed by atoms with Gasteiger partial charge in [0.2, 0.25) is 0 Å².